The quantitative estimate of drug-likeness (QED) is 0.893. The number of urea groups is 1. The van der Waals surface area contributed by atoms with E-state index in [1.807, 2.05) is 13.0 Å². The highest BCUT2D eigenvalue weighted by atomic mass is 79.9. The number of carbonyl (C=O) groups is 1. The zero-order valence-corrected chi connectivity index (χ0v) is 12.7. The van der Waals surface area contributed by atoms with Gasteiger partial charge in [0.2, 0.25) is 0 Å². The van der Waals surface area contributed by atoms with Crippen LogP contribution in [-0.4, -0.2) is 32.2 Å². The van der Waals surface area contributed by atoms with Gasteiger partial charge in [-0.3, -0.25) is 0 Å². The maximum atomic E-state index is 11.4. The zero-order valence-electron chi connectivity index (χ0n) is 11.2. The van der Waals surface area contributed by atoms with Crippen LogP contribution < -0.4 is 15.5 Å². The summed E-state index contributed by atoms with van der Waals surface area (Å²) in [5.41, 5.74) is 1.25. The number of anilines is 1. The van der Waals surface area contributed by atoms with Crippen LogP contribution >= 0.6 is 15.9 Å². The van der Waals surface area contributed by atoms with E-state index < -0.39 is 0 Å². The first kappa shape index (κ1) is 14.2. The smallest absolute Gasteiger partial charge is 0.314 e. The molecule has 1 aromatic carbocycles. The van der Waals surface area contributed by atoms with Gasteiger partial charge in [-0.1, -0.05) is 22.0 Å². The lowest BCUT2D eigenvalue weighted by atomic mass is 10.1. The Morgan fingerprint density at radius 2 is 2.32 bits per heavy atom. The highest BCUT2D eigenvalue weighted by Crippen LogP contribution is 2.25. The molecule has 1 heterocycles. The Labute approximate surface area is 122 Å². The summed E-state index contributed by atoms with van der Waals surface area (Å²) in [7, 11) is 0. The van der Waals surface area contributed by atoms with E-state index in [0.717, 1.165) is 30.5 Å². The molecule has 0 radical (unpaired) electrons. The molecule has 1 saturated heterocycles. The van der Waals surface area contributed by atoms with Crippen LogP contribution in [0.25, 0.3) is 0 Å². The van der Waals surface area contributed by atoms with Crippen molar-refractivity contribution in [3.8, 4) is 0 Å². The SMILES string of the molecule is CCNC(=O)NC[C@H]1CCN(c2cccc(Br)c2)C1. The summed E-state index contributed by atoms with van der Waals surface area (Å²) in [6.45, 7) is 5.39. The fourth-order valence-corrected chi connectivity index (χ4v) is 2.75. The van der Waals surface area contributed by atoms with Gasteiger partial charge < -0.3 is 15.5 Å². The maximum absolute atomic E-state index is 11.4. The van der Waals surface area contributed by atoms with E-state index in [1.54, 1.807) is 0 Å². The van der Waals surface area contributed by atoms with Gasteiger partial charge in [0.1, 0.15) is 0 Å². The number of nitrogens with one attached hydrogen (secondary N) is 2. The molecule has 0 unspecified atom stereocenters. The molecule has 104 valence electrons. The van der Waals surface area contributed by atoms with E-state index in [1.165, 1.54) is 5.69 Å². The molecule has 0 saturated carbocycles. The summed E-state index contributed by atoms with van der Waals surface area (Å²) in [6, 6.07) is 8.29. The first-order valence-corrected chi connectivity index (χ1v) is 7.50. The Kier molecular flexibility index (Phi) is 5.07. The number of halogens is 1. The molecular weight excluding hydrogens is 306 g/mol. The van der Waals surface area contributed by atoms with Crippen LogP contribution in [0, 0.1) is 5.92 Å². The van der Waals surface area contributed by atoms with Crippen molar-refractivity contribution in [1.29, 1.82) is 0 Å². The highest BCUT2D eigenvalue weighted by molar-refractivity contribution is 9.10. The molecule has 2 amide bonds. The minimum atomic E-state index is -0.0663. The van der Waals surface area contributed by atoms with Crippen molar-refractivity contribution in [3.05, 3.63) is 28.7 Å². The zero-order chi connectivity index (χ0) is 13.7. The Bertz CT molecular complexity index is 438. The molecule has 1 aliphatic heterocycles. The fraction of sp³-hybridized carbons (Fsp3) is 0.500. The van der Waals surface area contributed by atoms with Gasteiger partial charge in [0.25, 0.3) is 0 Å². The van der Waals surface area contributed by atoms with Crippen molar-refractivity contribution in [2.24, 2.45) is 5.92 Å². The van der Waals surface area contributed by atoms with Gasteiger partial charge in [-0.05, 0) is 37.5 Å². The normalized spacial score (nSPS) is 18.4. The van der Waals surface area contributed by atoms with E-state index in [0.29, 0.717) is 12.5 Å². The summed E-state index contributed by atoms with van der Waals surface area (Å²) in [6.07, 6.45) is 1.12. The number of carbonyl (C=O) groups excluding carboxylic acids is 1. The van der Waals surface area contributed by atoms with E-state index in [2.05, 4.69) is 49.7 Å². The van der Waals surface area contributed by atoms with Crippen molar-refractivity contribution >= 4 is 27.6 Å². The van der Waals surface area contributed by atoms with Gasteiger partial charge in [0.15, 0.2) is 0 Å². The second kappa shape index (κ2) is 6.80. The second-order valence-electron chi connectivity index (χ2n) is 4.82. The topological polar surface area (TPSA) is 44.4 Å². The first-order chi connectivity index (χ1) is 9.19. The Morgan fingerprint density at radius 3 is 3.05 bits per heavy atom. The Hall–Kier alpha value is -1.23. The minimum absolute atomic E-state index is 0.0663. The van der Waals surface area contributed by atoms with Gasteiger partial charge >= 0.3 is 6.03 Å². The molecule has 4 nitrogen and oxygen atoms in total. The van der Waals surface area contributed by atoms with Crippen molar-refractivity contribution in [1.82, 2.24) is 10.6 Å². The summed E-state index contributed by atoms with van der Waals surface area (Å²) < 4.78 is 1.11. The third-order valence-corrected chi connectivity index (χ3v) is 3.84. The summed E-state index contributed by atoms with van der Waals surface area (Å²) in [4.78, 5) is 13.7. The molecule has 5 heteroatoms. The second-order valence-corrected chi connectivity index (χ2v) is 5.74. The number of nitrogens with zero attached hydrogens (tertiary/aromatic N) is 1. The Morgan fingerprint density at radius 1 is 1.47 bits per heavy atom. The van der Waals surface area contributed by atoms with Gasteiger partial charge in [-0.15, -0.1) is 0 Å². The molecule has 19 heavy (non-hydrogen) atoms. The van der Waals surface area contributed by atoms with Crippen LogP contribution in [0.1, 0.15) is 13.3 Å². The predicted octanol–water partition coefficient (Wildman–Crippen LogP) is 2.59. The molecular formula is C14H20BrN3O. The Balaban J connectivity index is 1.81. The van der Waals surface area contributed by atoms with Gasteiger partial charge in [-0.2, -0.15) is 0 Å². The monoisotopic (exact) mass is 325 g/mol. The van der Waals surface area contributed by atoms with Gasteiger partial charge in [0.05, 0.1) is 0 Å². The van der Waals surface area contributed by atoms with Crippen molar-refractivity contribution in [2.75, 3.05) is 31.1 Å². The molecule has 2 rings (SSSR count). The fourth-order valence-electron chi connectivity index (χ4n) is 2.37. The van der Waals surface area contributed by atoms with Crippen LogP contribution in [0.2, 0.25) is 0 Å². The molecule has 0 aliphatic carbocycles. The van der Waals surface area contributed by atoms with E-state index >= 15 is 0 Å². The third-order valence-electron chi connectivity index (χ3n) is 3.35. The average molecular weight is 326 g/mol. The maximum Gasteiger partial charge on any atom is 0.314 e. The van der Waals surface area contributed by atoms with Crippen LogP contribution in [0.5, 0.6) is 0 Å². The number of amides is 2. The van der Waals surface area contributed by atoms with Crippen LogP contribution in [0.3, 0.4) is 0 Å². The van der Waals surface area contributed by atoms with E-state index in [9.17, 15) is 4.79 Å². The van der Waals surface area contributed by atoms with Crippen LogP contribution in [-0.2, 0) is 0 Å². The molecule has 2 N–H and O–H groups in total. The summed E-state index contributed by atoms with van der Waals surface area (Å²) in [5.74, 6) is 0.529. The molecule has 1 fully saturated rings. The van der Waals surface area contributed by atoms with Gasteiger partial charge in [0, 0.05) is 36.3 Å². The number of hydrogen-bond acceptors (Lipinski definition) is 2. The molecule has 1 aromatic rings. The molecule has 1 aliphatic rings. The van der Waals surface area contributed by atoms with Crippen molar-refractivity contribution < 1.29 is 4.79 Å². The third kappa shape index (κ3) is 4.13. The average Bonchev–Trinajstić information content (AvgIpc) is 2.85. The van der Waals surface area contributed by atoms with Gasteiger partial charge in [-0.25, -0.2) is 4.79 Å². The molecule has 0 aromatic heterocycles. The first-order valence-electron chi connectivity index (χ1n) is 6.71. The lowest BCUT2D eigenvalue weighted by Gasteiger charge is -2.19. The van der Waals surface area contributed by atoms with E-state index in [4.69, 9.17) is 0 Å². The molecule has 0 bridgehead atoms. The summed E-state index contributed by atoms with van der Waals surface area (Å²) in [5, 5.41) is 5.67. The number of rotatable bonds is 4. The number of benzene rings is 1. The molecule has 0 spiro atoms. The van der Waals surface area contributed by atoms with Crippen molar-refractivity contribution in [3.63, 3.8) is 0 Å². The number of hydrogen-bond donors (Lipinski definition) is 2. The van der Waals surface area contributed by atoms with Crippen molar-refractivity contribution in [2.45, 2.75) is 13.3 Å². The predicted molar refractivity (Wildman–Crippen MR) is 81.5 cm³/mol. The lowest BCUT2D eigenvalue weighted by Crippen LogP contribution is -2.38. The van der Waals surface area contributed by atoms with E-state index in [-0.39, 0.29) is 6.03 Å². The standard InChI is InChI=1S/C14H20BrN3O/c1-2-16-14(19)17-9-11-6-7-18(10-11)13-5-3-4-12(15)8-13/h3-5,8,11H,2,6-7,9-10H2,1H3,(H2,16,17,19)/t11-/m1/s1. The largest absolute Gasteiger partial charge is 0.371 e. The van der Waals surface area contributed by atoms with Crippen LogP contribution in [0.4, 0.5) is 10.5 Å². The molecule has 1 atom stereocenters. The van der Waals surface area contributed by atoms with Crippen LogP contribution in [0.15, 0.2) is 28.7 Å². The minimum Gasteiger partial charge on any atom is -0.371 e. The summed E-state index contributed by atoms with van der Waals surface area (Å²) >= 11 is 3.50. The lowest BCUT2D eigenvalue weighted by molar-refractivity contribution is 0.240. The highest BCUT2D eigenvalue weighted by Gasteiger charge is 2.23.